The lowest BCUT2D eigenvalue weighted by atomic mass is 10.1. The van der Waals surface area contributed by atoms with E-state index < -0.39 is 4.92 Å². The maximum Gasteiger partial charge on any atom is 0.269 e. The zero-order valence-corrected chi connectivity index (χ0v) is 20.0. The number of carbonyl (C=O) groups excluding carboxylic acids is 1. The molecule has 0 fully saturated rings. The van der Waals surface area contributed by atoms with Crippen LogP contribution in [0.3, 0.4) is 0 Å². The number of hydrogen-bond acceptors (Lipinski definition) is 4. The third-order valence-corrected chi connectivity index (χ3v) is 6.49. The molecule has 0 N–H and O–H groups in total. The number of furan rings is 1. The van der Waals surface area contributed by atoms with Crippen LogP contribution in [0.1, 0.15) is 16.9 Å². The van der Waals surface area contributed by atoms with Crippen LogP contribution in [0.5, 0.6) is 0 Å². The molecular formula is C28H19BrN2O4. The molecule has 0 spiro atoms. The van der Waals surface area contributed by atoms with Crippen molar-refractivity contribution < 1.29 is 14.1 Å². The lowest BCUT2D eigenvalue weighted by Gasteiger charge is -2.21. The van der Waals surface area contributed by atoms with Gasteiger partial charge in [-0.25, -0.2) is 0 Å². The van der Waals surface area contributed by atoms with Crippen LogP contribution in [0.25, 0.3) is 23.1 Å². The van der Waals surface area contributed by atoms with E-state index in [0.717, 1.165) is 21.3 Å². The van der Waals surface area contributed by atoms with E-state index in [2.05, 4.69) is 15.9 Å². The molecule has 1 aliphatic rings. The first kappa shape index (κ1) is 22.6. The summed E-state index contributed by atoms with van der Waals surface area (Å²) >= 11 is 3.58. The van der Waals surface area contributed by atoms with Crippen molar-refractivity contribution >= 4 is 39.3 Å². The highest BCUT2D eigenvalue weighted by Crippen LogP contribution is 2.34. The molecule has 172 valence electrons. The summed E-state index contributed by atoms with van der Waals surface area (Å²) in [6.45, 7) is 0.421. The number of benzene rings is 3. The summed E-state index contributed by atoms with van der Waals surface area (Å²) in [5.41, 5.74) is 4.02. The van der Waals surface area contributed by atoms with Crippen molar-refractivity contribution in [3.05, 3.63) is 134 Å². The van der Waals surface area contributed by atoms with Crippen molar-refractivity contribution in [2.45, 2.75) is 6.54 Å². The number of non-ortho nitro benzene ring substituents is 1. The molecule has 2 heterocycles. The van der Waals surface area contributed by atoms with Crippen LogP contribution in [0.15, 0.2) is 112 Å². The van der Waals surface area contributed by atoms with Gasteiger partial charge in [0.2, 0.25) is 0 Å². The van der Waals surface area contributed by atoms with E-state index >= 15 is 0 Å². The van der Waals surface area contributed by atoms with Crippen molar-refractivity contribution in [3.63, 3.8) is 0 Å². The van der Waals surface area contributed by atoms with E-state index in [1.54, 1.807) is 35.2 Å². The number of carbonyl (C=O) groups is 1. The summed E-state index contributed by atoms with van der Waals surface area (Å²) < 4.78 is 6.88. The molecule has 0 atom stereocenters. The van der Waals surface area contributed by atoms with Crippen LogP contribution < -0.4 is 0 Å². The largest absolute Gasteiger partial charge is 0.457 e. The van der Waals surface area contributed by atoms with Gasteiger partial charge in [-0.05, 0) is 53.6 Å². The van der Waals surface area contributed by atoms with Gasteiger partial charge in [-0.3, -0.25) is 14.9 Å². The third kappa shape index (κ3) is 4.72. The number of nitro groups is 1. The Balaban J connectivity index is 1.47. The molecule has 35 heavy (non-hydrogen) atoms. The van der Waals surface area contributed by atoms with Crippen LogP contribution >= 0.6 is 15.9 Å². The first-order valence-corrected chi connectivity index (χ1v) is 11.7. The molecule has 0 bridgehead atoms. The number of nitrogens with zero attached hydrogens (tertiary/aromatic N) is 2. The van der Waals surface area contributed by atoms with E-state index in [0.29, 0.717) is 29.2 Å². The van der Waals surface area contributed by atoms with Gasteiger partial charge in [0.05, 0.1) is 17.2 Å². The van der Waals surface area contributed by atoms with Crippen LogP contribution in [-0.2, 0) is 11.3 Å². The third-order valence-electron chi connectivity index (χ3n) is 5.72. The Morgan fingerprint density at radius 1 is 0.886 bits per heavy atom. The standard InChI is InChI=1S/C28H19BrN2O4/c29-25-9-5-4-8-21(25)18-30-26(19-6-2-1-3-7-19)17-22(28(30)32)16-24-14-15-27(35-24)20-10-12-23(13-11-20)31(33)34/h1-17H,18H2/b22-16+. The van der Waals surface area contributed by atoms with E-state index in [1.165, 1.54) is 12.1 Å². The highest BCUT2D eigenvalue weighted by Gasteiger charge is 2.29. The smallest absolute Gasteiger partial charge is 0.269 e. The number of nitro benzene ring substituents is 1. The molecule has 0 aliphatic carbocycles. The van der Waals surface area contributed by atoms with Gasteiger partial charge in [-0.1, -0.05) is 64.5 Å². The Labute approximate surface area is 210 Å². The monoisotopic (exact) mass is 526 g/mol. The fourth-order valence-corrected chi connectivity index (χ4v) is 4.35. The lowest BCUT2D eigenvalue weighted by molar-refractivity contribution is -0.384. The Kier molecular flexibility index (Phi) is 6.16. The summed E-state index contributed by atoms with van der Waals surface area (Å²) in [5, 5.41) is 10.9. The van der Waals surface area contributed by atoms with Crippen LogP contribution in [0.2, 0.25) is 0 Å². The predicted molar refractivity (Wildman–Crippen MR) is 138 cm³/mol. The molecule has 0 saturated carbocycles. The fourth-order valence-electron chi connectivity index (χ4n) is 3.94. The Morgan fingerprint density at radius 3 is 2.31 bits per heavy atom. The molecule has 4 aromatic rings. The minimum atomic E-state index is -0.441. The molecule has 0 saturated heterocycles. The molecule has 3 aromatic carbocycles. The number of rotatable bonds is 6. The lowest BCUT2D eigenvalue weighted by Crippen LogP contribution is -2.25. The Hall–Kier alpha value is -4.23. The zero-order valence-electron chi connectivity index (χ0n) is 18.4. The Morgan fingerprint density at radius 2 is 1.60 bits per heavy atom. The molecule has 1 amide bonds. The zero-order chi connectivity index (χ0) is 24.4. The molecule has 7 heteroatoms. The minimum absolute atomic E-state index is 0.0166. The van der Waals surface area contributed by atoms with E-state index in [4.69, 9.17) is 4.42 Å². The number of hydrogen-bond donors (Lipinski definition) is 0. The topological polar surface area (TPSA) is 76.6 Å². The van der Waals surface area contributed by atoms with Gasteiger partial charge in [0, 0.05) is 27.7 Å². The average Bonchev–Trinajstić information content (AvgIpc) is 3.46. The van der Waals surface area contributed by atoms with Gasteiger partial charge in [0.25, 0.3) is 11.6 Å². The van der Waals surface area contributed by atoms with Crippen molar-refractivity contribution in [2.75, 3.05) is 0 Å². The average molecular weight is 527 g/mol. The predicted octanol–water partition coefficient (Wildman–Crippen LogP) is 7.08. The number of halogens is 1. The second kappa shape index (κ2) is 9.56. The second-order valence-electron chi connectivity index (χ2n) is 7.98. The second-order valence-corrected chi connectivity index (χ2v) is 8.84. The van der Waals surface area contributed by atoms with Gasteiger partial charge in [0.1, 0.15) is 11.5 Å². The summed E-state index contributed by atoms with van der Waals surface area (Å²) in [7, 11) is 0. The van der Waals surface area contributed by atoms with E-state index in [-0.39, 0.29) is 11.6 Å². The van der Waals surface area contributed by atoms with Gasteiger partial charge >= 0.3 is 0 Å². The quantitative estimate of drug-likeness (QED) is 0.153. The first-order valence-electron chi connectivity index (χ1n) is 10.9. The van der Waals surface area contributed by atoms with Gasteiger partial charge in [-0.15, -0.1) is 0 Å². The van der Waals surface area contributed by atoms with Crippen molar-refractivity contribution in [1.29, 1.82) is 0 Å². The molecule has 5 rings (SSSR count). The molecule has 1 aliphatic heterocycles. The van der Waals surface area contributed by atoms with Crippen molar-refractivity contribution in [3.8, 4) is 11.3 Å². The normalized spacial score (nSPS) is 14.4. The highest BCUT2D eigenvalue weighted by molar-refractivity contribution is 9.10. The highest BCUT2D eigenvalue weighted by atomic mass is 79.9. The van der Waals surface area contributed by atoms with Gasteiger partial charge in [-0.2, -0.15) is 0 Å². The van der Waals surface area contributed by atoms with Crippen molar-refractivity contribution in [1.82, 2.24) is 4.90 Å². The van der Waals surface area contributed by atoms with Gasteiger partial charge < -0.3 is 9.32 Å². The van der Waals surface area contributed by atoms with Crippen LogP contribution in [0.4, 0.5) is 5.69 Å². The molecule has 0 unspecified atom stereocenters. The fraction of sp³-hybridized carbons (Fsp3) is 0.0357. The van der Waals surface area contributed by atoms with Gasteiger partial charge in [0.15, 0.2) is 0 Å². The summed E-state index contributed by atoms with van der Waals surface area (Å²) in [6.07, 6.45) is 3.60. The maximum atomic E-state index is 13.5. The van der Waals surface area contributed by atoms with Crippen LogP contribution in [0, 0.1) is 10.1 Å². The number of amides is 1. The molecular weight excluding hydrogens is 508 g/mol. The SMILES string of the molecule is O=C1/C(=C/c2ccc(-c3ccc([N+](=O)[O-])cc3)o2)C=C(c2ccccc2)N1Cc1ccccc1Br. The summed E-state index contributed by atoms with van der Waals surface area (Å²) in [6, 6.07) is 27.4. The Bertz CT molecular complexity index is 1470. The van der Waals surface area contributed by atoms with E-state index in [1.807, 2.05) is 60.7 Å². The summed E-state index contributed by atoms with van der Waals surface area (Å²) in [4.78, 5) is 25.7. The van der Waals surface area contributed by atoms with E-state index in [9.17, 15) is 14.9 Å². The molecule has 1 aromatic heterocycles. The van der Waals surface area contributed by atoms with Crippen LogP contribution in [-0.4, -0.2) is 15.7 Å². The summed E-state index contributed by atoms with van der Waals surface area (Å²) in [5.74, 6) is 0.968. The first-order chi connectivity index (χ1) is 17.0. The molecule has 0 radical (unpaired) electrons. The molecule has 6 nitrogen and oxygen atoms in total. The maximum absolute atomic E-state index is 13.5. The minimum Gasteiger partial charge on any atom is -0.457 e. The van der Waals surface area contributed by atoms with Crippen molar-refractivity contribution in [2.24, 2.45) is 0 Å².